The van der Waals surface area contributed by atoms with Crippen LogP contribution in [-0.4, -0.2) is 17.7 Å². The smallest absolute Gasteiger partial charge is 0.336 e. The number of hydrogen-bond donors (Lipinski definition) is 1. The highest BCUT2D eigenvalue weighted by Gasteiger charge is 1.91. The van der Waals surface area contributed by atoms with Crippen molar-refractivity contribution in [2.45, 2.75) is 0 Å². The summed E-state index contributed by atoms with van der Waals surface area (Å²) in [7, 11) is 0. The van der Waals surface area contributed by atoms with Crippen molar-refractivity contribution in [3.63, 3.8) is 0 Å². The number of rotatable bonds is 2. The summed E-state index contributed by atoms with van der Waals surface area (Å²) in [5.74, 6) is -0.685. The number of aliphatic hydroxyl groups excluding tert-OH is 1. The Labute approximate surface area is 41.2 Å². The van der Waals surface area contributed by atoms with E-state index in [2.05, 4.69) is 11.3 Å². The van der Waals surface area contributed by atoms with Crippen molar-refractivity contribution in [1.29, 1.82) is 0 Å². The molecule has 0 bridgehead atoms. The zero-order valence-corrected chi connectivity index (χ0v) is 3.76. The minimum absolute atomic E-state index is 0.591. The van der Waals surface area contributed by atoms with E-state index in [1.165, 1.54) is 0 Å². The van der Waals surface area contributed by atoms with Crippen LogP contribution in [0.1, 0.15) is 0 Å². The van der Waals surface area contributed by atoms with Crippen molar-refractivity contribution >= 4 is 5.97 Å². The van der Waals surface area contributed by atoms with Crippen LogP contribution in [0.25, 0.3) is 0 Å². The van der Waals surface area contributed by atoms with Gasteiger partial charge in [-0.05, 0) is 0 Å². The Morgan fingerprint density at radius 2 is 2.57 bits per heavy atom. The van der Waals surface area contributed by atoms with E-state index >= 15 is 0 Å². The lowest BCUT2D eigenvalue weighted by molar-refractivity contribution is -0.141. The number of esters is 1. The van der Waals surface area contributed by atoms with E-state index in [0.29, 0.717) is 0 Å². The van der Waals surface area contributed by atoms with Gasteiger partial charge in [-0.3, -0.25) is 0 Å². The van der Waals surface area contributed by atoms with Crippen LogP contribution in [0.15, 0.2) is 12.8 Å². The highest BCUT2D eigenvalue weighted by molar-refractivity contribution is 5.70. The molecule has 0 unspecified atom stereocenters. The number of carbonyl (C=O) groups is 1. The Balaban J connectivity index is 3.17. The van der Waals surface area contributed by atoms with Gasteiger partial charge in [0.05, 0.1) is 6.26 Å². The Bertz CT molecular complexity index is 77.0. The molecule has 40 valence electrons. The van der Waals surface area contributed by atoms with Gasteiger partial charge in [0.2, 0.25) is 0 Å². The second-order valence-corrected chi connectivity index (χ2v) is 0.815. The monoisotopic (exact) mass is 102 g/mol. The average molecular weight is 102 g/mol. The molecule has 0 aliphatic carbocycles. The van der Waals surface area contributed by atoms with E-state index < -0.39 is 12.6 Å². The van der Waals surface area contributed by atoms with Crippen molar-refractivity contribution in [1.82, 2.24) is 0 Å². The van der Waals surface area contributed by atoms with Crippen molar-refractivity contribution < 1.29 is 14.6 Å². The minimum Gasteiger partial charge on any atom is -0.433 e. The van der Waals surface area contributed by atoms with Crippen LogP contribution in [0.5, 0.6) is 0 Å². The van der Waals surface area contributed by atoms with E-state index in [4.69, 9.17) is 5.11 Å². The fourth-order valence-electron chi connectivity index (χ4n) is 0.130. The first-order chi connectivity index (χ1) is 3.31. The summed E-state index contributed by atoms with van der Waals surface area (Å²) < 4.78 is 4.07. The Morgan fingerprint density at radius 1 is 2.00 bits per heavy atom. The standard InChI is InChI=1S/C4H6O3/c1-2-7-4(6)3-5/h2,5H,1,3H2. The second kappa shape index (κ2) is 3.36. The van der Waals surface area contributed by atoms with Gasteiger partial charge in [0, 0.05) is 0 Å². The largest absolute Gasteiger partial charge is 0.433 e. The first-order valence-electron chi connectivity index (χ1n) is 1.72. The van der Waals surface area contributed by atoms with E-state index in [1.807, 2.05) is 0 Å². The minimum atomic E-state index is -0.685. The fourth-order valence-corrected chi connectivity index (χ4v) is 0.130. The van der Waals surface area contributed by atoms with Crippen LogP contribution < -0.4 is 0 Å². The lowest BCUT2D eigenvalue weighted by atomic mass is 10.7. The van der Waals surface area contributed by atoms with Gasteiger partial charge in [-0.2, -0.15) is 0 Å². The molecule has 0 spiro atoms. The summed E-state index contributed by atoms with van der Waals surface area (Å²) >= 11 is 0. The molecule has 0 saturated carbocycles. The van der Waals surface area contributed by atoms with E-state index in [0.717, 1.165) is 6.26 Å². The van der Waals surface area contributed by atoms with E-state index in [-0.39, 0.29) is 0 Å². The van der Waals surface area contributed by atoms with Gasteiger partial charge in [0.25, 0.3) is 0 Å². The SMILES string of the molecule is C=COC(=O)CO. The summed E-state index contributed by atoms with van der Waals surface area (Å²) in [6, 6.07) is 0. The molecule has 7 heavy (non-hydrogen) atoms. The lowest BCUT2D eigenvalue weighted by Gasteiger charge is -1.88. The molecule has 0 aromatic rings. The zero-order chi connectivity index (χ0) is 5.70. The fraction of sp³-hybridized carbons (Fsp3) is 0.250. The van der Waals surface area contributed by atoms with Crippen LogP contribution in [-0.2, 0) is 9.53 Å². The molecule has 3 heteroatoms. The topological polar surface area (TPSA) is 46.5 Å². The van der Waals surface area contributed by atoms with Gasteiger partial charge in [-0.15, -0.1) is 0 Å². The molecule has 1 N–H and O–H groups in total. The average Bonchev–Trinajstić information content (AvgIpc) is 1.68. The van der Waals surface area contributed by atoms with Crippen LogP contribution >= 0.6 is 0 Å². The summed E-state index contributed by atoms with van der Waals surface area (Å²) in [5.41, 5.74) is 0. The number of hydrogen-bond acceptors (Lipinski definition) is 3. The molecule has 0 aromatic heterocycles. The molecule has 3 nitrogen and oxygen atoms in total. The quantitative estimate of drug-likeness (QED) is 0.383. The predicted molar refractivity (Wildman–Crippen MR) is 23.4 cm³/mol. The second-order valence-electron chi connectivity index (χ2n) is 0.815. The van der Waals surface area contributed by atoms with Crippen LogP contribution in [0.2, 0.25) is 0 Å². The highest BCUT2D eigenvalue weighted by atomic mass is 16.5. The van der Waals surface area contributed by atoms with Crippen molar-refractivity contribution in [2.75, 3.05) is 6.61 Å². The van der Waals surface area contributed by atoms with E-state index in [1.54, 1.807) is 0 Å². The Morgan fingerprint density at radius 3 is 2.71 bits per heavy atom. The maximum atomic E-state index is 9.87. The molecule has 0 heterocycles. The van der Waals surface area contributed by atoms with E-state index in [9.17, 15) is 4.79 Å². The van der Waals surface area contributed by atoms with Crippen LogP contribution in [0.4, 0.5) is 0 Å². The molecular formula is C4H6O3. The highest BCUT2D eigenvalue weighted by Crippen LogP contribution is 1.72. The molecule has 0 aliphatic rings. The zero-order valence-electron chi connectivity index (χ0n) is 3.76. The molecule has 0 radical (unpaired) electrons. The molecule has 0 amide bonds. The first-order valence-corrected chi connectivity index (χ1v) is 1.72. The third kappa shape index (κ3) is 2.99. The van der Waals surface area contributed by atoms with Gasteiger partial charge >= 0.3 is 5.97 Å². The number of ether oxygens (including phenoxy) is 1. The third-order valence-electron chi connectivity index (χ3n) is 0.344. The van der Waals surface area contributed by atoms with Crippen LogP contribution in [0, 0.1) is 0 Å². The molecule has 0 atom stereocenters. The molecule has 0 aromatic carbocycles. The molecule has 0 saturated heterocycles. The summed E-state index contributed by atoms with van der Waals surface area (Å²) in [5, 5.41) is 7.94. The van der Waals surface area contributed by atoms with Crippen molar-refractivity contribution in [2.24, 2.45) is 0 Å². The summed E-state index contributed by atoms with van der Waals surface area (Å²) in [6.45, 7) is 2.50. The third-order valence-corrected chi connectivity index (χ3v) is 0.344. The van der Waals surface area contributed by atoms with Crippen molar-refractivity contribution in [3.8, 4) is 0 Å². The first kappa shape index (κ1) is 6.17. The maximum Gasteiger partial charge on any atom is 0.336 e. The number of aliphatic hydroxyl groups is 1. The molecule has 0 rings (SSSR count). The van der Waals surface area contributed by atoms with Gasteiger partial charge in [-0.1, -0.05) is 6.58 Å². The summed E-state index contributed by atoms with van der Waals surface area (Å²) in [6.07, 6.45) is 0.971. The normalized spacial score (nSPS) is 7.57. The van der Waals surface area contributed by atoms with Gasteiger partial charge in [0.1, 0.15) is 6.61 Å². The Hall–Kier alpha value is -0.830. The number of carbonyl (C=O) groups excluding carboxylic acids is 1. The Kier molecular flexibility index (Phi) is 2.96. The maximum absolute atomic E-state index is 9.87. The van der Waals surface area contributed by atoms with Crippen molar-refractivity contribution in [3.05, 3.63) is 12.8 Å². The van der Waals surface area contributed by atoms with Crippen LogP contribution in [0.3, 0.4) is 0 Å². The summed E-state index contributed by atoms with van der Waals surface area (Å²) in [4.78, 5) is 9.87. The molecule has 0 aliphatic heterocycles. The molecule has 0 fully saturated rings. The van der Waals surface area contributed by atoms with Gasteiger partial charge in [0.15, 0.2) is 0 Å². The van der Waals surface area contributed by atoms with Gasteiger partial charge in [-0.25, -0.2) is 4.79 Å². The van der Waals surface area contributed by atoms with Gasteiger partial charge < -0.3 is 9.84 Å². The predicted octanol–water partition coefficient (Wildman–Crippen LogP) is -0.335. The molecular weight excluding hydrogens is 96.0 g/mol. The lowest BCUT2D eigenvalue weighted by Crippen LogP contribution is -2.03.